The lowest BCUT2D eigenvalue weighted by atomic mass is 10.1. The highest BCUT2D eigenvalue weighted by Gasteiger charge is 2.42. The first-order valence-corrected chi connectivity index (χ1v) is 8.53. The Morgan fingerprint density at radius 3 is 2.38 bits per heavy atom. The standard InChI is InChI=1S/C19H20F3N3O/c20-19(21,22)17(16-5-1-2-10-23-16)24-18(26)15-8-6-14(7-9-15)13-25-11-3-4-12-25/h1-2,5-10,17H,3-4,11-13H2,(H,24,26). The zero-order valence-corrected chi connectivity index (χ0v) is 14.2. The number of likely N-dealkylation sites (tertiary alicyclic amines) is 1. The predicted molar refractivity (Wildman–Crippen MR) is 91.5 cm³/mol. The van der Waals surface area contributed by atoms with Crippen LogP contribution in [0.15, 0.2) is 48.7 Å². The van der Waals surface area contributed by atoms with Crippen molar-refractivity contribution >= 4 is 5.91 Å². The lowest BCUT2D eigenvalue weighted by molar-refractivity contribution is -0.156. The number of carbonyl (C=O) groups is 1. The normalized spacial score (nSPS) is 16.4. The molecule has 3 rings (SSSR count). The molecule has 1 atom stereocenters. The lowest BCUT2D eigenvalue weighted by Crippen LogP contribution is -2.38. The molecule has 1 N–H and O–H groups in total. The maximum atomic E-state index is 13.3. The molecule has 1 unspecified atom stereocenters. The molecule has 1 aliphatic heterocycles. The number of hydrogen-bond acceptors (Lipinski definition) is 3. The van der Waals surface area contributed by atoms with Crippen LogP contribution in [0.2, 0.25) is 0 Å². The second-order valence-corrected chi connectivity index (χ2v) is 6.38. The molecule has 0 radical (unpaired) electrons. The van der Waals surface area contributed by atoms with Crippen LogP contribution in [0.25, 0.3) is 0 Å². The molecular weight excluding hydrogens is 343 g/mol. The molecule has 0 bridgehead atoms. The first kappa shape index (κ1) is 18.4. The van der Waals surface area contributed by atoms with Gasteiger partial charge in [0.15, 0.2) is 6.04 Å². The van der Waals surface area contributed by atoms with E-state index in [1.165, 1.54) is 37.2 Å². The van der Waals surface area contributed by atoms with Crippen molar-refractivity contribution in [3.8, 4) is 0 Å². The molecule has 1 fully saturated rings. The Labute approximate surface area is 150 Å². The molecule has 0 aliphatic carbocycles. The second kappa shape index (κ2) is 7.86. The van der Waals surface area contributed by atoms with Crippen molar-refractivity contribution in [3.05, 3.63) is 65.5 Å². The number of rotatable bonds is 5. The number of aromatic nitrogens is 1. The summed E-state index contributed by atoms with van der Waals surface area (Å²) in [5.74, 6) is -0.772. The Morgan fingerprint density at radius 2 is 1.81 bits per heavy atom. The van der Waals surface area contributed by atoms with Gasteiger partial charge >= 0.3 is 6.18 Å². The summed E-state index contributed by atoms with van der Waals surface area (Å²) in [6.45, 7) is 2.90. The highest BCUT2D eigenvalue weighted by atomic mass is 19.4. The first-order valence-electron chi connectivity index (χ1n) is 8.53. The fourth-order valence-corrected chi connectivity index (χ4v) is 3.05. The average molecular weight is 363 g/mol. The topological polar surface area (TPSA) is 45.2 Å². The van der Waals surface area contributed by atoms with Crippen molar-refractivity contribution in [2.45, 2.75) is 31.6 Å². The summed E-state index contributed by atoms with van der Waals surface area (Å²) in [6, 6.07) is 8.79. The van der Waals surface area contributed by atoms with Crippen LogP contribution in [0.4, 0.5) is 13.2 Å². The van der Waals surface area contributed by atoms with Gasteiger partial charge in [0.25, 0.3) is 5.91 Å². The van der Waals surface area contributed by atoms with Crippen molar-refractivity contribution in [1.29, 1.82) is 0 Å². The number of amides is 1. The van der Waals surface area contributed by atoms with Gasteiger partial charge < -0.3 is 5.32 Å². The summed E-state index contributed by atoms with van der Waals surface area (Å²) in [4.78, 5) is 18.3. The van der Waals surface area contributed by atoms with Gasteiger partial charge in [-0.2, -0.15) is 13.2 Å². The summed E-state index contributed by atoms with van der Waals surface area (Å²) >= 11 is 0. The number of pyridine rings is 1. The fourth-order valence-electron chi connectivity index (χ4n) is 3.05. The molecule has 26 heavy (non-hydrogen) atoms. The molecule has 1 aromatic heterocycles. The largest absolute Gasteiger partial charge is 0.414 e. The summed E-state index contributed by atoms with van der Waals surface area (Å²) in [6.07, 6.45) is -0.979. The van der Waals surface area contributed by atoms with E-state index in [9.17, 15) is 18.0 Å². The van der Waals surface area contributed by atoms with E-state index >= 15 is 0 Å². The summed E-state index contributed by atoms with van der Waals surface area (Å²) in [5.41, 5.74) is 1.000. The van der Waals surface area contributed by atoms with Gasteiger partial charge in [0.2, 0.25) is 0 Å². The minimum Gasteiger partial charge on any atom is -0.335 e. The number of carbonyl (C=O) groups excluding carboxylic acids is 1. The van der Waals surface area contributed by atoms with Crippen LogP contribution in [-0.2, 0) is 6.54 Å². The number of alkyl halides is 3. The van der Waals surface area contributed by atoms with Crippen molar-refractivity contribution in [1.82, 2.24) is 15.2 Å². The quantitative estimate of drug-likeness (QED) is 0.881. The van der Waals surface area contributed by atoms with E-state index < -0.39 is 18.1 Å². The van der Waals surface area contributed by atoms with Gasteiger partial charge in [-0.25, -0.2) is 0 Å². The highest BCUT2D eigenvalue weighted by Crippen LogP contribution is 2.31. The van der Waals surface area contributed by atoms with E-state index in [-0.39, 0.29) is 11.3 Å². The van der Waals surface area contributed by atoms with Gasteiger partial charge in [0, 0.05) is 18.3 Å². The molecule has 0 saturated carbocycles. The van der Waals surface area contributed by atoms with Crippen LogP contribution < -0.4 is 5.32 Å². The van der Waals surface area contributed by atoms with Crippen LogP contribution in [0, 0.1) is 0 Å². The lowest BCUT2D eigenvalue weighted by Gasteiger charge is -2.21. The molecule has 4 nitrogen and oxygen atoms in total. The van der Waals surface area contributed by atoms with Crippen molar-refractivity contribution < 1.29 is 18.0 Å². The van der Waals surface area contributed by atoms with E-state index in [0.29, 0.717) is 0 Å². The van der Waals surface area contributed by atoms with Gasteiger partial charge in [0.1, 0.15) is 0 Å². The molecule has 1 aromatic carbocycles. The van der Waals surface area contributed by atoms with E-state index in [0.717, 1.165) is 25.2 Å². The van der Waals surface area contributed by atoms with Crippen LogP contribution in [0.1, 0.15) is 40.5 Å². The monoisotopic (exact) mass is 363 g/mol. The van der Waals surface area contributed by atoms with Crippen LogP contribution in [0.5, 0.6) is 0 Å². The van der Waals surface area contributed by atoms with E-state index in [1.54, 1.807) is 24.3 Å². The molecule has 1 saturated heterocycles. The van der Waals surface area contributed by atoms with Crippen molar-refractivity contribution in [2.24, 2.45) is 0 Å². The third kappa shape index (κ3) is 4.60. The minimum atomic E-state index is -4.63. The van der Waals surface area contributed by atoms with E-state index in [4.69, 9.17) is 0 Å². The Morgan fingerprint density at radius 1 is 1.12 bits per heavy atom. The zero-order valence-electron chi connectivity index (χ0n) is 14.2. The van der Waals surface area contributed by atoms with Gasteiger partial charge in [0.05, 0.1) is 5.69 Å². The number of benzene rings is 1. The van der Waals surface area contributed by atoms with E-state index in [1.807, 2.05) is 5.32 Å². The average Bonchev–Trinajstić information content (AvgIpc) is 3.13. The van der Waals surface area contributed by atoms with Gasteiger partial charge in [-0.3, -0.25) is 14.7 Å². The second-order valence-electron chi connectivity index (χ2n) is 6.38. The SMILES string of the molecule is O=C(NC(c1ccccn1)C(F)(F)F)c1ccc(CN2CCCC2)cc1. The van der Waals surface area contributed by atoms with E-state index in [2.05, 4.69) is 9.88 Å². The zero-order chi connectivity index (χ0) is 18.6. The van der Waals surface area contributed by atoms with Gasteiger partial charge in [-0.15, -0.1) is 0 Å². The molecule has 1 amide bonds. The Hall–Kier alpha value is -2.41. The van der Waals surface area contributed by atoms with Crippen LogP contribution >= 0.6 is 0 Å². The van der Waals surface area contributed by atoms with Gasteiger partial charge in [-0.05, 0) is 55.8 Å². The molecular formula is C19H20F3N3O. The molecule has 0 spiro atoms. The van der Waals surface area contributed by atoms with Crippen molar-refractivity contribution in [2.75, 3.05) is 13.1 Å². The molecule has 2 heterocycles. The first-order chi connectivity index (χ1) is 12.4. The predicted octanol–water partition coefficient (Wildman–Crippen LogP) is 3.71. The number of halogens is 3. The summed E-state index contributed by atoms with van der Waals surface area (Å²) < 4.78 is 39.9. The Balaban J connectivity index is 1.69. The number of hydrogen-bond donors (Lipinski definition) is 1. The molecule has 138 valence electrons. The minimum absolute atomic E-state index is 0.195. The highest BCUT2D eigenvalue weighted by molar-refractivity contribution is 5.94. The van der Waals surface area contributed by atoms with Crippen molar-refractivity contribution in [3.63, 3.8) is 0 Å². The van der Waals surface area contributed by atoms with Gasteiger partial charge in [-0.1, -0.05) is 18.2 Å². The molecule has 1 aliphatic rings. The number of nitrogens with zero attached hydrogens (tertiary/aromatic N) is 2. The smallest absolute Gasteiger partial charge is 0.335 e. The van der Waals surface area contributed by atoms with Crippen LogP contribution in [-0.4, -0.2) is 35.1 Å². The maximum absolute atomic E-state index is 13.3. The summed E-state index contributed by atoms with van der Waals surface area (Å²) in [5, 5.41) is 2.05. The number of nitrogens with one attached hydrogen (secondary N) is 1. The molecule has 7 heteroatoms. The third-order valence-electron chi connectivity index (χ3n) is 4.41. The molecule has 2 aromatic rings. The van der Waals surface area contributed by atoms with Crippen LogP contribution in [0.3, 0.4) is 0 Å². The fraction of sp³-hybridized carbons (Fsp3) is 0.368. The third-order valence-corrected chi connectivity index (χ3v) is 4.41. The summed E-state index contributed by atoms with van der Waals surface area (Å²) in [7, 11) is 0. The maximum Gasteiger partial charge on any atom is 0.414 e. The Bertz CT molecular complexity index is 726. The Kier molecular flexibility index (Phi) is 5.56.